The summed E-state index contributed by atoms with van der Waals surface area (Å²) in [5.41, 5.74) is 0.428. The third-order valence-electron chi connectivity index (χ3n) is 2.95. The molecule has 1 atom stereocenters. The van der Waals surface area contributed by atoms with E-state index in [2.05, 4.69) is 5.16 Å². The van der Waals surface area contributed by atoms with Crippen LogP contribution in [0.4, 0.5) is 0 Å². The van der Waals surface area contributed by atoms with Gasteiger partial charge in [-0.3, -0.25) is 4.79 Å². The van der Waals surface area contributed by atoms with E-state index in [0.29, 0.717) is 12.2 Å². The fourth-order valence-electron chi connectivity index (χ4n) is 2.30. The van der Waals surface area contributed by atoms with Crippen LogP contribution in [0.5, 0.6) is 0 Å². The predicted molar refractivity (Wildman–Crippen MR) is 58.1 cm³/mol. The third-order valence-corrected chi connectivity index (χ3v) is 2.95. The number of carbonyl (C=O) groups excluding carboxylic acids is 1. The molecule has 1 aliphatic carbocycles. The molecule has 0 amide bonds. The van der Waals surface area contributed by atoms with E-state index >= 15 is 0 Å². The summed E-state index contributed by atoms with van der Waals surface area (Å²) < 4.78 is 5.18. The summed E-state index contributed by atoms with van der Waals surface area (Å²) in [6.07, 6.45) is 1.69. The lowest BCUT2D eigenvalue weighted by atomic mass is 9.69. The Hall–Kier alpha value is -1.58. The number of allylic oxidation sites excluding steroid dienone is 2. The van der Waals surface area contributed by atoms with Gasteiger partial charge in [0.15, 0.2) is 5.78 Å². The minimum absolute atomic E-state index is 0.0463. The van der Waals surface area contributed by atoms with Gasteiger partial charge < -0.3 is 9.63 Å². The summed E-state index contributed by atoms with van der Waals surface area (Å²) in [6, 6.07) is 1.80. The van der Waals surface area contributed by atoms with E-state index in [-0.39, 0.29) is 22.9 Å². The number of hydrogen-bond acceptors (Lipinski definition) is 4. The molecule has 0 radical (unpaired) electrons. The number of carbonyl (C=O) groups is 1. The van der Waals surface area contributed by atoms with Crippen LogP contribution in [0.3, 0.4) is 0 Å². The van der Waals surface area contributed by atoms with Crippen LogP contribution in [0.15, 0.2) is 22.4 Å². The Morgan fingerprint density at radius 1 is 1.56 bits per heavy atom. The standard InChI is InChI=1S/C12H15NO3/c1-7-4-10(16-13-7)11-9(15)5-8(14)6-12(11,2)3/h4-5,11,15H,6H2,1-3H3. The predicted octanol–water partition coefficient (Wildman–Crippen LogP) is 2.51. The lowest BCUT2D eigenvalue weighted by Crippen LogP contribution is -2.30. The smallest absolute Gasteiger partial charge is 0.159 e. The van der Waals surface area contributed by atoms with Crippen molar-refractivity contribution in [2.45, 2.75) is 33.1 Å². The molecular formula is C12H15NO3. The van der Waals surface area contributed by atoms with E-state index in [9.17, 15) is 9.90 Å². The molecule has 0 spiro atoms. The first-order valence-electron chi connectivity index (χ1n) is 5.27. The van der Waals surface area contributed by atoms with Gasteiger partial charge in [-0.05, 0) is 12.3 Å². The molecule has 1 N–H and O–H groups in total. The molecule has 0 fully saturated rings. The molecule has 16 heavy (non-hydrogen) atoms. The maximum absolute atomic E-state index is 11.4. The number of hydrogen-bond donors (Lipinski definition) is 1. The van der Waals surface area contributed by atoms with Gasteiger partial charge in [-0.25, -0.2) is 0 Å². The van der Waals surface area contributed by atoms with Crippen molar-refractivity contribution >= 4 is 5.78 Å². The second-order valence-electron chi connectivity index (χ2n) is 5.00. The molecule has 0 saturated carbocycles. The second kappa shape index (κ2) is 3.47. The third kappa shape index (κ3) is 1.75. The normalized spacial score (nSPS) is 24.3. The molecule has 1 aliphatic rings. The van der Waals surface area contributed by atoms with E-state index in [4.69, 9.17) is 4.52 Å². The minimum Gasteiger partial charge on any atom is -0.511 e. The van der Waals surface area contributed by atoms with Crippen molar-refractivity contribution < 1.29 is 14.4 Å². The van der Waals surface area contributed by atoms with Crippen molar-refractivity contribution in [2.75, 3.05) is 0 Å². The van der Waals surface area contributed by atoms with Gasteiger partial charge in [0.1, 0.15) is 11.5 Å². The molecule has 2 rings (SSSR count). The number of ketones is 1. The zero-order valence-corrected chi connectivity index (χ0v) is 9.65. The lowest BCUT2D eigenvalue weighted by molar-refractivity contribution is -0.117. The minimum atomic E-state index is -0.345. The molecular weight excluding hydrogens is 206 g/mol. The van der Waals surface area contributed by atoms with Crippen LogP contribution < -0.4 is 0 Å². The number of aromatic nitrogens is 1. The van der Waals surface area contributed by atoms with Crippen molar-refractivity contribution in [3.63, 3.8) is 0 Å². The van der Waals surface area contributed by atoms with Gasteiger partial charge in [0.25, 0.3) is 0 Å². The Morgan fingerprint density at radius 2 is 2.25 bits per heavy atom. The number of rotatable bonds is 1. The van der Waals surface area contributed by atoms with Gasteiger partial charge in [0.05, 0.1) is 11.6 Å². The Labute approximate surface area is 93.9 Å². The molecule has 0 bridgehead atoms. The molecule has 1 unspecified atom stereocenters. The van der Waals surface area contributed by atoms with Gasteiger partial charge in [0.2, 0.25) is 0 Å². The number of aryl methyl sites for hydroxylation is 1. The maximum atomic E-state index is 11.4. The topological polar surface area (TPSA) is 63.3 Å². The first-order chi connectivity index (χ1) is 7.40. The quantitative estimate of drug-likeness (QED) is 0.791. The highest BCUT2D eigenvalue weighted by atomic mass is 16.5. The first-order valence-corrected chi connectivity index (χ1v) is 5.27. The first kappa shape index (κ1) is 10.9. The molecule has 4 heteroatoms. The monoisotopic (exact) mass is 221 g/mol. The molecule has 4 nitrogen and oxygen atoms in total. The van der Waals surface area contributed by atoms with Crippen LogP contribution in [-0.2, 0) is 4.79 Å². The summed E-state index contributed by atoms with van der Waals surface area (Å²) >= 11 is 0. The van der Waals surface area contributed by atoms with Crippen molar-refractivity contribution in [3.05, 3.63) is 29.4 Å². The SMILES string of the molecule is Cc1cc(C2C(O)=CC(=O)CC2(C)C)on1. The average molecular weight is 221 g/mol. The van der Waals surface area contributed by atoms with Crippen LogP contribution >= 0.6 is 0 Å². The van der Waals surface area contributed by atoms with Gasteiger partial charge in [-0.15, -0.1) is 0 Å². The van der Waals surface area contributed by atoms with Crippen molar-refractivity contribution in [3.8, 4) is 0 Å². The van der Waals surface area contributed by atoms with E-state index in [1.807, 2.05) is 20.8 Å². The number of aliphatic hydroxyl groups is 1. The summed E-state index contributed by atoms with van der Waals surface area (Å²) in [4.78, 5) is 11.4. The molecule has 1 aromatic rings. The fraction of sp³-hybridized carbons (Fsp3) is 0.500. The highest BCUT2D eigenvalue weighted by Crippen LogP contribution is 2.45. The molecule has 0 aromatic carbocycles. The Morgan fingerprint density at radius 3 is 2.75 bits per heavy atom. The van der Waals surface area contributed by atoms with E-state index in [0.717, 1.165) is 5.69 Å². The Kier molecular flexibility index (Phi) is 2.37. The van der Waals surface area contributed by atoms with Crippen molar-refractivity contribution in [1.29, 1.82) is 0 Å². The van der Waals surface area contributed by atoms with Crippen LogP contribution in [0.2, 0.25) is 0 Å². The molecule has 0 aliphatic heterocycles. The molecule has 1 heterocycles. The lowest BCUT2D eigenvalue weighted by Gasteiger charge is -2.34. The largest absolute Gasteiger partial charge is 0.511 e. The zero-order chi connectivity index (χ0) is 11.9. The molecule has 86 valence electrons. The number of aliphatic hydroxyl groups excluding tert-OH is 1. The summed E-state index contributed by atoms with van der Waals surface area (Å²) in [5.74, 6) is 0.350. The fourth-order valence-corrected chi connectivity index (χ4v) is 2.30. The highest BCUT2D eigenvalue weighted by Gasteiger charge is 2.41. The number of nitrogens with zero attached hydrogens (tertiary/aromatic N) is 1. The van der Waals surface area contributed by atoms with Crippen molar-refractivity contribution in [2.24, 2.45) is 5.41 Å². The summed E-state index contributed by atoms with van der Waals surface area (Å²) in [5, 5.41) is 13.7. The highest BCUT2D eigenvalue weighted by molar-refractivity contribution is 5.92. The Balaban J connectivity index is 2.45. The van der Waals surface area contributed by atoms with Crippen LogP contribution in [0.25, 0.3) is 0 Å². The molecule has 1 aromatic heterocycles. The van der Waals surface area contributed by atoms with Gasteiger partial charge in [-0.1, -0.05) is 19.0 Å². The van der Waals surface area contributed by atoms with Crippen LogP contribution in [0, 0.1) is 12.3 Å². The van der Waals surface area contributed by atoms with Crippen molar-refractivity contribution in [1.82, 2.24) is 5.16 Å². The second-order valence-corrected chi connectivity index (χ2v) is 5.00. The summed E-state index contributed by atoms with van der Waals surface area (Å²) in [7, 11) is 0. The molecule has 0 saturated heterocycles. The van der Waals surface area contributed by atoms with Gasteiger partial charge >= 0.3 is 0 Å². The average Bonchev–Trinajstić information content (AvgIpc) is 2.47. The summed E-state index contributed by atoms with van der Waals surface area (Å²) in [6.45, 7) is 5.71. The van der Waals surface area contributed by atoms with Gasteiger partial charge in [-0.2, -0.15) is 0 Å². The van der Waals surface area contributed by atoms with E-state index in [1.54, 1.807) is 6.07 Å². The Bertz CT molecular complexity index is 457. The van der Waals surface area contributed by atoms with E-state index in [1.165, 1.54) is 6.08 Å². The van der Waals surface area contributed by atoms with Gasteiger partial charge in [0, 0.05) is 18.6 Å². The van der Waals surface area contributed by atoms with Crippen LogP contribution in [0.1, 0.15) is 37.6 Å². The van der Waals surface area contributed by atoms with Crippen LogP contribution in [-0.4, -0.2) is 16.0 Å². The van der Waals surface area contributed by atoms with E-state index < -0.39 is 0 Å². The maximum Gasteiger partial charge on any atom is 0.159 e. The zero-order valence-electron chi connectivity index (χ0n) is 9.65.